The van der Waals surface area contributed by atoms with E-state index >= 15 is 0 Å². The summed E-state index contributed by atoms with van der Waals surface area (Å²) >= 11 is 0. The summed E-state index contributed by atoms with van der Waals surface area (Å²) in [5.74, 6) is 0.872. The summed E-state index contributed by atoms with van der Waals surface area (Å²) < 4.78 is 0. The quantitative estimate of drug-likeness (QED) is 0.691. The highest BCUT2D eigenvalue weighted by Gasteiger charge is 2.20. The van der Waals surface area contributed by atoms with Gasteiger partial charge in [-0.2, -0.15) is 0 Å². The summed E-state index contributed by atoms with van der Waals surface area (Å²) in [7, 11) is 0. The maximum atomic E-state index is 12.2. The first-order valence-electron chi connectivity index (χ1n) is 8.87. The van der Waals surface area contributed by atoms with Crippen LogP contribution in [0.5, 0.6) is 0 Å². The number of amides is 1. The van der Waals surface area contributed by atoms with Gasteiger partial charge in [0, 0.05) is 18.7 Å². The highest BCUT2D eigenvalue weighted by atomic mass is 16.2. The van der Waals surface area contributed by atoms with Gasteiger partial charge in [0.1, 0.15) is 0 Å². The van der Waals surface area contributed by atoms with Gasteiger partial charge < -0.3 is 15.7 Å². The third-order valence-electron chi connectivity index (χ3n) is 4.74. The van der Waals surface area contributed by atoms with Gasteiger partial charge >= 0.3 is 0 Å². The van der Waals surface area contributed by atoms with Crippen molar-refractivity contribution in [1.82, 2.24) is 10.6 Å². The van der Waals surface area contributed by atoms with Crippen molar-refractivity contribution in [2.75, 3.05) is 13.2 Å². The number of hydrogen-bond donors (Lipinski definition) is 3. The highest BCUT2D eigenvalue weighted by Crippen LogP contribution is 2.23. The third kappa shape index (κ3) is 6.32. The van der Waals surface area contributed by atoms with E-state index in [4.69, 9.17) is 5.11 Å². The molecule has 1 fully saturated rings. The minimum absolute atomic E-state index is 0.0782. The molecule has 1 saturated carbocycles. The molecule has 1 atom stereocenters. The van der Waals surface area contributed by atoms with Crippen molar-refractivity contribution < 1.29 is 9.90 Å². The first-order chi connectivity index (χ1) is 11.2. The van der Waals surface area contributed by atoms with Gasteiger partial charge in [0.2, 0.25) is 5.91 Å². The molecule has 1 aromatic carbocycles. The van der Waals surface area contributed by atoms with E-state index in [1.54, 1.807) is 0 Å². The van der Waals surface area contributed by atoms with E-state index in [1.807, 2.05) is 18.2 Å². The molecule has 0 spiro atoms. The number of rotatable bonds is 8. The Kier molecular flexibility index (Phi) is 7.56. The zero-order valence-corrected chi connectivity index (χ0v) is 14.1. The van der Waals surface area contributed by atoms with Crippen LogP contribution in [0.15, 0.2) is 30.3 Å². The second kappa shape index (κ2) is 9.68. The number of hydrogen-bond acceptors (Lipinski definition) is 3. The van der Waals surface area contributed by atoms with Crippen LogP contribution in [0, 0.1) is 5.92 Å². The zero-order chi connectivity index (χ0) is 16.5. The molecule has 1 aliphatic carbocycles. The maximum absolute atomic E-state index is 12.2. The van der Waals surface area contributed by atoms with Crippen LogP contribution in [0.3, 0.4) is 0 Å². The fourth-order valence-electron chi connectivity index (χ4n) is 3.27. The molecule has 23 heavy (non-hydrogen) atoms. The molecule has 1 amide bonds. The van der Waals surface area contributed by atoms with E-state index in [0.29, 0.717) is 12.6 Å². The Morgan fingerprint density at radius 3 is 2.57 bits per heavy atom. The molecule has 128 valence electrons. The fourth-order valence-corrected chi connectivity index (χ4v) is 3.27. The third-order valence-corrected chi connectivity index (χ3v) is 4.74. The van der Waals surface area contributed by atoms with E-state index in [9.17, 15) is 4.79 Å². The minimum atomic E-state index is 0.0782. The van der Waals surface area contributed by atoms with Crippen LogP contribution in [-0.4, -0.2) is 30.2 Å². The second-order valence-corrected chi connectivity index (χ2v) is 6.73. The monoisotopic (exact) mass is 318 g/mol. The number of nitrogens with one attached hydrogen (secondary N) is 2. The molecular formula is C19H30N2O2. The molecule has 1 unspecified atom stereocenters. The van der Waals surface area contributed by atoms with Crippen molar-refractivity contribution in [1.29, 1.82) is 0 Å². The van der Waals surface area contributed by atoms with E-state index < -0.39 is 0 Å². The van der Waals surface area contributed by atoms with Gasteiger partial charge in [0.15, 0.2) is 0 Å². The fraction of sp³-hybridized carbons (Fsp3) is 0.632. The Balaban J connectivity index is 1.79. The average Bonchev–Trinajstić information content (AvgIpc) is 2.58. The van der Waals surface area contributed by atoms with Gasteiger partial charge in [0.05, 0.1) is 6.54 Å². The molecule has 1 aromatic rings. The number of carbonyl (C=O) groups excluding carboxylic acids is 1. The van der Waals surface area contributed by atoms with Gasteiger partial charge in [-0.05, 0) is 50.0 Å². The van der Waals surface area contributed by atoms with Gasteiger partial charge in [0.25, 0.3) is 0 Å². The lowest BCUT2D eigenvalue weighted by Gasteiger charge is -2.27. The molecule has 2 rings (SSSR count). The van der Waals surface area contributed by atoms with Crippen LogP contribution in [0.25, 0.3) is 0 Å². The lowest BCUT2D eigenvalue weighted by Crippen LogP contribution is -2.42. The molecule has 0 heterocycles. The molecule has 4 heteroatoms. The molecular weight excluding hydrogens is 288 g/mol. The van der Waals surface area contributed by atoms with E-state index in [0.717, 1.165) is 31.6 Å². The molecule has 1 aliphatic rings. The summed E-state index contributed by atoms with van der Waals surface area (Å²) in [6.45, 7) is 2.79. The summed E-state index contributed by atoms with van der Waals surface area (Å²) in [6.07, 6.45) is 6.17. The van der Waals surface area contributed by atoms with Gasteiger partial charge in [-0.25, -0.2) is 0 Å². The van der Waals surface area contributed by atoms with Crippen LogP contribution < -0.4 is 10.6 Å². The van der Waals surface area contributed by atoms with Crippen LogP contribution in [0.2, 0.25) is 0 Å². The maximum Gasteiger partial charge on any atom is 0.234 e. The van der Waals surface area contributed by atoms with Gasteiger partial charge in [-0.3, -0.25) is 4.79 Å². The second-order valence-electron chi connectivity index (χ2n) is 6.73. The molecule has 0 aliphatic heterocycles. The lowest BCUT2D eigenvalue weighted by atomic mass is 9.87. The molecule has 0 aromatic heterocycles. The van der Waals surface area contributed by atoms with Crippen LogP contribution in [-0.2, 0) is 4.79 Å². The number of aliphatic hydroxyl groups is 1. The number of benzene rings is 1. The van der Waals surface area contributed by atoms with Crippen molar-refractivity contribution in [2.45, 2.75) is 57.5 Å². The molecule has 0 radical (unpaired) electrons. The van der Waals surface area contributed by atoms with Crippen LogP contribution in [0.4, 0.5) is 0 Å². The molecule has 0 bridgehead atoms. The van der Waals surface area contributed by atoms with Crippen molar-refractivity contribution in [3.63, 3.8) is 0 Å². The number of aliphatic hydroxyl groups excluding tert-OH is 1. The Hall–Kier alpha value is -1.39. The summed E-state index contributed by atoms with van der Waals surface area (Å²) in [4.78, 5) is 12.2. The Labute approximate surface area is 139 Å². The largest absolute Gasteiger partial charge is 0.396 e. The minimum Gasteiger partial charge on any atom is -0.396 e. The predicted octanol–water partition coefficient (Wildman–Crippen LogP) is 2.78. The topological polar surface area (TPSA) is 61.4 Å². The van der Waals surface area contributed by atoms with Gasteiger partial charge in [-0.15, -0.1) is 0 Å². The Morgan fingerprint density at radius 1 is 1.22 bits per heavy atom. The summed E-state index contributed by atoms with van der Waals surface area (Å²) in [5.41, 5.74) is 1.17. The zero-order valence-electron chi connectivity index (χ0n) is 14.1. The molecule has 4 nitrogen and oxygen atoms in total. The SMILES string of the molecule is CC1CCC(NC(=O)CNC(CCCO)c2ccccc2)CC1. The number of carbonyl (C=O) groups is 1. The van der Waals surface area contributed by atoms with Crippen molar-refractivity contribution >= 4 is 5.91 Å². The van der Waals surface area contributed by atoms with Crippen LogP contribution >= 0.6 is 0 Å². The van der Waals surface area contributed by atoms with E-state index in [-0.39, 0.29) is 18.6 Å². The van der Waals surface area contributed by atoms with Crippen molar-refractivity contribution in [3.8, 4) is 0 Å². The first kappa shape index (κ1) is 18.0. The summed E-state index contributed by atoms with van der Waals surface area (Å²) in [5, 5.41) is 15.6. The smallest absolute Gasteiger partial charge is 0.234 e. The van der Waals surface area contributed by atoms with Crippen LogP contribution in [0.1, 0.15) is 57.1 Å². The predicted molar refractivity (Wildman–Crippen MR) is 93.1 cm³/mol. The van der Waals surface area contributed by atoms with Gasteiger partial charge in [-0.1, -0.05) is 37.3 Å². The Morgan fingerprint density at radius 2 is 1.91 bits per heavy atom. The Bertz CT molecular complexity index is 456. The van der Waals surface area contributed by atoms with Crippen molar-refractivity contribution in [2.24, 2.45) is 5.92 Å². The average molecular weight is 318 g/mol. The summed E-state index contributed by atoms with van der Waals surface area (Å²) in [6, 6.07) is 10.6. The highest BCUT2D eigenvalue weighted by molar-refractivity contribution is 5.78. The van der Waals surface area contributed by atoms with Crippen molar-refractivity contribution in [3.05, 3.63) is 35.9 Å². The normalized spacial score (nSPS) is 22.5. The first-order valence-corrected chi connectivity index (χ1v) is 8.87. The molecule has 0 saturated heterocycles. The van der Waals surface area contributed by atoms with E-state index in [2.05, 4.69) is 29.7 Å². The lowest BCUT2D eigenvalue weighted by molar-refractivity contribution is -0.121. The molecule has 3 N–H and O–H groups in total. The van der Waals surface area contributed by atoms with E-state index in [1.165, 1.54) is 18.4 Å². The standard InChI is InChI=1S/C19H30N2O2/c1-15-9-11-17(12-10-15)21-19(23)14-20-18(8-5-13-22)16-6-3-2-4-7-16/h2-4,6-7,15,17-18,20,22H,5,8-14H2,1H3,(H,21,23).